The molecule has 0 aliphatic heterocycles. The average Bonchev–Trinajstić information content (AvgIpc) is 2.63. The van der Waals surface area contributed by atoms with Crippen molar-refractivity contribution in [3.8, 4) is 0 Å². The molecule has 1 atom stereocenters. The molecular weight excluding hydrogens is 224 g/mol. The molecule has 0 saturated carbocycles. The maximum Gasteiger partial charge on any atom is 0.329 e. The van der Waals surface area contributed by atoms with Crippen molar-refractivity contribution >= 4 is 11.9 Å². The van der Waals surface area contributed by atoms with Crippen LogP contribution >= 0.6 is 0 Å². The lowest BCUT2D eigenvalue weighted by Crippen LogP contribution is -2.56. The van der Waals surface area contributed by atoms with Crippen molar-refractivity contribution in [2.45, 2.75) is 33.2 Å². The summed E-state index contributed by atoms with van der Waals surface area (Å²) in [5, 5.41) is 11.6. The minimum absolute atomic E-state index is 0.109. The number of carbonyl (C=O) groups excluding carboxylic acids is 1. The summed E-state index contributed by atoms with van der Waals surface area (Å²) in [6.45, 7) is 6.51. The normalized spacial score (nSPS) is 14.4. The summed E-state index contributed by atoms with van der Waals surface area (Å²) in [4.78, 5) is 26.8. The zero-order valence-corrected chi connectivity index (χ0v) is 10.3. The van der Waals surface area contributed by atoms with E-state index in [-0.39, 0.29) is 11.6 Å². The van der Waals surface area contributed by atoms with Gasteiger partial charge < -0.3 is 14.8 Å². The van der Waals surface area contributed by atoms with Gasteiger partial charge in [0.15, 0.2) is 12.1 Å². The predicted octanol–water partition coefficient (Wildman–Crippen LogP) is 1.21. The molecule has 0 aliphatic carbocycles. The topological polar surface area (TPSA) is 92.4 Å². The van der Waals surface area contributed by atoms with Crippen molar-refractivity contribution in [3.05, 3.63) is 17.8 Å². The average molecular weight is 240 g/mol. The van der Waals surface area contributed by atoms with Crippen LogP contribution in [0.1, 0.15) is 37.0 Å². The number of aromatic nitrogens is 1. The lowest BCUT2D eigenvalue weighted by molar-refractivity contribution is -0.145. The Morgan fingerprint density at radius 2 is 2.12 bits per heavy atom. The number of hydrogen-bond acceptors (Lipinski definition) is 4. The smallest absolute Gasteiger partial charge is 0.329 e. The number of carboxylic acids is 1. The van der Waals surface area contributed by atoms with Crippen LogP contribution in [0.15, 0.2) is 10.8 Å². The molecule has 17 heavy (non-hydrogen) atoms. The lowest BCUT2D eigenvalue weighted by atomic mass is 9.88. The summed E-state index contributed by atoms with van der Waals surface area (Å²) in [5.41, 5.74) is -1.22. The Hall–Kier alpha value is -1.85. The molecule has 94 valence electrons. The van der Waals surface area contributed by atoms with Crippen LogP contribution in [-0.4, -0.2) is 27.5 Å². The third-order valence-electron chi connectivity index (χ3n) is 2.93. The van der Waals surface area contributed by atoms with Crippen LogP contribution in [0.3, 0.4) is 0 Å². The minimum atomic E-state index is -1.33. The maximum absolute atomic E-state index is 11.9. The number of nitrogens with one attached hydrogen (secondary N) is 1. The highest BCUT2D eigenvalue weighted by atomic mass is 16.4. The lowest BCUT2D eigenvalue weighted by Gasteiger charge is -2.29. The van der Waals surface area contributed by atoms with E-state index in [2.05, 4.69) is 10.3 Å². The third-order valence-corrected chi connectivity index (χ3v) is 2.93. The highest BCUT2D eigenvalue weighted by molar-refractivity contribution is 5.96. The second kappa shape index (κ2) is 4.57. The molecule has 0 radical (unpaired) electrons. The van der Waals surface area contributed by atoms with E-state index in [0.29, 0.717) is 5.76 Å². The van der Waals surface area contributed by atoms with E-state index in [4.69, 9.17) is 9.52 Å². The summed E-state index contributed by atoms with van der Waals surface area (Å²) >= 11 is 0. The SMILES string of the molecule is Cc1ocnc1C(=O)N[C@@](C)(C(=O)O)C(C)C. The molecule has 1 aromatic rings. The number of oxazole rings is 1. The molecule has 0 aromatic carbocycles. The van der Waals surface area contributed by atoms with Crippen LogP contribution in [0.2, 0.25) is 0 Å². The fourth-order valence-corrected chi connectivity index (χ4v) is 1.26. The van der Waals surface area contributed by atoms with Gasteiger partial charge in [0.25, 0.3) is 5.91 Å². The van der Waals surface area contributed by atoms with Crippen LogP contribution in [0.5, 0.6) is 0 Å². The van der Waals surface area contributed by atoms with E-state index in [1.54, 1.807) is 20.8 Å². The number of nitrogens with zero attached hydrogens (tertiary/aromatic N) is 1. The Morgan fingerprint density at radius 1 is 1.53 bits per heavy atom. The summed E-state index contributed by atoms with van der Waals surface area (Å²) in [6, 6.07) is 0. The summed E-state index contributed by atoms with van der Waals surface area (Å²) in [6.07, 6.45) is 1.15. The van der Waals surface area contributed by atoms with E-state index < -0.39 is 17.4 Å². The van der Waals surface area contributed by atoms with Gasteiger partial charge in [0.05, 0.1) is 0 Å². The van der Waals surface area contributed by atoms with Crippen molar-refractivity contribution in [2.75, 3.05) is 0 Å². The molecule has 6 nitrogen and oxygen atoms in total. The van der Waals surface area contributed by atoms with E-state index in [9.17, 15) is 9.59 Å². The van der Waals surface area contributed by atoms with E-state index in [0.717, 1.165) is 6.39 Å². The molecule has 0 aliphatic rings. The van der Waals surface area contributed by atoms with Crippen molar-refractivity contribution in [3.63, 3.8) is 0 Å². The van der Waals surface area contributed by atoms with Gasteiger partial charge in [-0.1, -0.05) is 13.8 Å². The Kier molecular flexibility index (Phi) is 3.55. The maximum atomic E-state index is 11.9. The molecule has 0 fully saturated rings. The van der Waals surface area contributed by atoms with Gasteiger partial charge >= 0.3 is 5.97 Å². The van der Waals surface area contributed by atoms with Gasteiger partial charge in [0.2, 0.25) is 0 Å². The fraction of sp³-hybridized carbons (Fsp3) is 0.545. The molecule has 0 bridgehead atoms. The van der Waals surface area contributed by atoms with Crippen molar-refractivity contribution in [2.24, 2.45) is 5.92 Å². The molecule has 0 spiro atoms. The number of carbonyl (C=O) groups is 2. The van der Waals surface area contributed by atoms with Crippen molar-refractivity contribution in [1.29, 1.82) is 0 Å². The molecule has 0 unspecified atom stereocenters. The first-order valence-corrected chi connectivity index (χ1v) is 5.25. The van der Waals surface area contributed by atoms with Crippen LogP contribution in [0.25, 0.3) is 0 Å². The van der Waals surface area contributed by atoms with Gasteiger partial charge in [-0.05, 0) is 19.8 Å². The molecule has 1 rings (SSSR count). The van der Waals surface area contributed by atoms with E-state index >= 15 is 0 Å². The largest absolute Gasteiger partial charge is 0.480 e. The quantitative estimate of drug-likeness (QED) is 0.825. The summed E-state index contributed by atoms with van der Waals surface area (Å²) in [7, 11) is 0. The number of carboxylic acid groups (broad SMARTS) is 1. The third kappa shape index (κ3) is 2.46. The zero-order valence-electron chi connectivity index (χ0n) is 10.3. The van der Waals surface area contributed by atoms with Crippen LogP contribution in [0.4, 0.5) is 0 Å². The minimum Gasteiger partial charge on any atom is -0.480 e. The molecule has 1 aromatic heterocycles. The fourth-order valence-electron chi connectivity index (χ4n) is 1.26. The Bertz CT molecular complexity index is 438. The second-order valence-electron chi connectivity index (χ2n) is 4.37. The molecule has 0 saturated heterocycles. The Balaban J connectivity index is 2.94. The molecular formula is C11H16N2O4. The van der Waals surface area contributed by atoms with Gasteiger partial charge in [-0.3, -0.25) is 4.79 Å². The molecule has 2 N–H and O–H groups in total. The number of aliphatic carboxylic acids is 1. The Labute approximate surface area is 99.0 Å². The van der Waals surface area contributed by atoms with Gasteiger partial charge in [0.1, 0.15) is 11.3 Å². The van der Waals surface area contributed by atoms with Gasteiger partial charge in [0, 0.05) is 0 Å². The van der Waals surface area contributed by atoms with E-state index in [1.165, 1.54) is 6.92 Å². The number of rotatable bonds is 4. The van der Waals surface area contributed by atoms with Gasteiger partial charge in [-0.25, -0.2) is 9.78 Å². The first-order chi connectivity index (χ1) is 7.79. The van der Waals surface area contributed by atoms with E-state index in [1.807, 2.05) is 0 Å². The monoisotopic (exact) mass is 240 g/mol. The number of hydrogen-bond donors (Lipinski definition) is 2. The predicted molar refractivity (Wildman–Crippen MR) is 59.6 cm³/mol. The standard InChI is InChI=1S/C11H16N2O4/c1-6(2)11(4,10(15)16)13-9(14)8-7(3)17-5-12-8/h5-6H,1-4H3,(H,13,14)(H,15,16)/t11-/m1/s1. The number of aryl methyl sites for hydroxylation is 1. The molecule has 1 heterocycles. The first-order valence-electron chi connectivity index (χ1n) is 5.25. The molecule has 6 heteroatoms. The second-order valence-corrected chi connectivity index (χ2v) is 4.37. The number of amides is 1. The van der Waals surface area contributed by atoms with Crippen LogP contribution in [-0.2, 0) is 4.79 Å². The van der Waals surface area contributed by atoms with Crippen LogP contribution in [0, 0.1) is 12.8 Å². The Morgan fingerprint density at radius 3 is 2.47 bits per heavy atom. The zero-order chi connectivity index (χ0) is 13.2. The highest BCUT2D eigenvalue weighted by Gasteiger charge is 2.39. The van der Waals surface area contributed by atoms with Gasteiger partial charge in [-0.2, -0.15) is 0 Å². The van der Waals surface area contributed by atoms with Crippen molar-refractivity contribution < 1.29 is 19.1 Å². The van der Waals surface area contributed by atoms with Gasteiger partial charge in [-0.15, -0.1) is 0 Å². The highest BCUT2D eigenvalue weighted by Crippen LogP contribution is 2.18. The van der Waals surface area contributed by atoms with Crippen molar-refractivity contribution in [1.82, 2.24) is 10.3 Å². The van der Waals surface area contributed by atoms with Crippen LogP contribution < -0.4 is 5.32 Å². The summed E-state index contributed by atoms with van der Waals surface area (Å²) in [5.74, 6) is -1.52. The summed E-state index contributed by atoms with van der Waals surface area (Å²) < 4.78 is 4.90. The molecule has 1 amide bonds. The first kappa shape index (κ1) is 13.2.